The van der Waals surface area contributed by atoms with Crippen LogP contribution in [0.2, 0.25) is 0 Å². The van der Waals surface area contributed by atoms with Gasteiger partial charge in [0.2, 0.25) is 0 Å². The summed E-state index contributed by atoms with van der Waals surface area (Å²) in [4.78, 5) is 23.5. The third-order valence-corrected chi connectivity index (χ3v) is 1.95. The van der Waals surface area contributed by atoms with Crippen molar-refractivity contribution in [1.29, 1.82) is 0 Å². The van der Waals surface area contributed by atoms with Crippen LogP contribution >= 0.6 is 0 Å². The topological polar surface area (TPSA) is 67.8 Å². The van der Waals surface area contributed by atoms with Crippen molar-refractivity contribution in [1.82, 2.24) is 15.0 Å². The van der Waals surface area contributed by atoms with Gasteiger partial charge in [-0.3, -0.25) is 14.8 Å². The molecular weight excluding hydrogens is 204 g/mol. The Kier molecular flexibility index (Phi) is 2.86. The lowest BCUT2D eigenvalue weighted by atomic mass is 10.3. The Morgan fingerprint density at radius 3 is 2.81 bits per heavy atom. The number of hydrogen-bond donors (Lipinski definition) is 1. The zero-order valence-corrected chi connectivity index (χ0v) is 8.71. The van der Waals surface area contributed by atoms with Gasteiger partial charge in [0, 0.05) is 30.0 Å². The van der Waals surface area contributed by atoms with E-state index in [1.807, 2.05) is 6.92 Å². The fourth-order valence-electron chi connectivity index (χ4n) is 1.23. The van der Waals surface area contributed by atoms with E-state index in [0.29, 0.717) is 5.69 Å². The van der Waals surface area contributed by atoms with Crippen LogP contribution in [0.3, 0.4) is 0 Å². The van der Waals surface area contributed by atoms with Crippen molar-refractivity contribution < 1.29 is 4.79 Å². The molecule has 80 valence electrons. The van der Waals surface area contributed by atoms with Gasteiger partial charge in [-0.25, -0.2) is 4.98 Å². The predicted octanol–water partition coefficient (Wildman–Crippen LogP) is 1.43. The quantitative estimate of drug-likeness (QED) is 0.821. The molecule has 0 aromatic carbocycles. The van der Waals surface area contributed by atoms with E-state index in [1.54, 1.807) is 18.3 Å². The van der Waals surface area contributed by atoms with Gasteiger partial charge in [0.1, 0.15) is 5.69 Å². The number of hydrogen-bond acceptors (Lipinski definition) is 4. The van der Waals surface area contributed by atoms with Crippen LogP contribution in [0.15, 0.2) is 36.9 Å². The maximum atomic E-state index is 11.7. The molecule has 2 rings (SSSR count). The van der Waals surface area contributed by atoms with Crippen LogP contribution in [0.4, 0.5) is 5.69 Å². The molecule has 1 amide bonds. The molecule has 0 unspecified atom stereocenters. The van der Waals surface area contributed by atoms with Gasteiger partial charge in [-0.15, -0.1) is 0 Å². The van der Waals surface area contributed by atoms with Gasteiger partial charge in [-0.1, -0.05) is 0 Å². The summed E-state index contributed by atoms with van der Waals surface area (Å²) in [5, 5.41) is 2.72. The number of carbonyl (C=O) groups is 1. The zero-order chi connectivity index (χ0) is 11.4. The molecule has 0 aliphatic carbocycles. The number of rotatable bonds is 2. The van der Waals surface area contributed by atoms with Crippen LogP contribution in [0.5, 0.6) is 0 Å². The van der Waals surface area contributed by atoms with Crippen molar-refractivity contribution in [2.75, 3.05) is 5.32 Å². The third kappa shape index (κ3) is 2.38. The average molecular weight is 214 g/mol. The third-order valence-electron chi connectivity index (χ3n) is 1.95. The standard InChI is InChI=1S/C11H10N4O/c1-8-6-9(2-3-13-8)15-11(16)10-7-12-4-5-14-10/h2-7H,1H3,(H,13,15,16). The second-order valence-corrected chi connectivity index (χ2v) is 3.23. The number of aromatic nitrogens is 3. The van der Waals surface area contributed by atoms with Crippen molar-refractivity contribution >= 4 is 11.6 Å². The minimum Gasteiger partial charge on any atom is -0.320 e. The first kappa shape index (κ1) is 10.2. The van der Waals surface area contributed by atoms with Crippen molar-refractivity contribution in [3.05, 3.63) is 48.3 Å². The predicted molar refractivity (Wildman–Crippen MR) is 59.0 cm³/mol. The minimum atomic E-state index is -0.279. The molecule has 5 heteroatoms. The van der Waals surface area contributed by atoms with E-state index < -0.39 is 0 Å². The number of amides is 1. The Balaban J connectivity index is 2.14. The van der Waals surface area contributed by atoms with Crippen molar-refractivity contribution in [2.24, 2.45) is 0 Å². The molecule has 1 N–H and O–H groups in total. The van der Waals surface area contributed by atoms with E-state index in [-0.39, 0.29) is 11.6 Å². The lowest BCUT2D eigenvalue weighted by molar-refractivity contribution is 0.102. The first-order chi connectivity index (χ1) is 7.75. The summed E-state index contributed by atoms with van der Waals surface area (Å²) < 4.78 is 0. The number of aryl methyl sites for hydroxylation is 1. The highest BCUT2D eigenvalue weighted by Crippen LogP contribution is 2.08. The van der Waals surface area contributed by atoms with E-state index in [1.165, 1.54) is 18.6 Å². The largest absolute Gasteiger partial charge is 0.320 e. The Bertz CT molecular complexity index is 498. The number of pyridine rings is 1. The van der Waals surface area contributed by atoms with Gasteiger partial charge < -0.3 is 5.32 Å². The Morgan fingerprint density at radius 1 is 1.25 bits per heavy atom. The molecular formula is C11H10N4O. The van der Waals surface area contributed by atoms with Crippen molar-refractivity contribution in [3.8, 4) is 0 Å². The second-order valence-electron chi connectivity index (χ2n) is 3.23. The molecule has 0 bridgehead atoms. The Hall–Kier alpha value is -2.30. The number of carbonyl (C=O) groups excluding carboxylic acids is 1. The summed E-state index contributed by atoms with van der Waals surface area (Å²) in [5.41, 5.74) is 1.83. The highest BCUT2D eigenvalue weighted by atomic mass is 16.1. The van der Waals surface area contributed by atoms with Crippen molar-refractivity contribution in [2.45, 2.75) is 6.92 Å². The fourth-order valence-corrected chi connectivity index (χ4v) is 1.23. The molecule has 16 heavy (non-hydrogen) atoms. The maximum Gasteiger partial charge on any atom is 0.275 e. The van der Waals surface area contributed by atoms with Gasteiger partial charge in [0.15, 0.2) is 0 Å². The lowest BCUT2D eigenvalue weighted by Gasteiger charge is -2.04. The summed E-state index contributed by atoms with van der Waals surface area (Å²) in [5.74, 6) is -0.279. The van der Waals surface area contributed by atoms with Crippen LogP contribution in [0.25, 0.3) is 0 Å². The van der Waals surface area contributed by atoms with E-state index >= 15 is 0 Å². The molecule has 2 aromatic heterocycles. The molecule has 5 nitrogen and oxygen atoms in total. The Labute approximate surface area is 92.6 Å². The van der Waals surface area contributed by atoms with Crippen LogP contribution < -0.4 is 5.32 Å². The summed E-state index contributed by atoms with van der Waals surface area (Å²) >= 11 is 0. The average Bonchev–Trinajstić information content (AvgIpc) is 2.30. The van der Waals surface area contributed by atoms with Crippen LogP contribution in [0, 0.1) is 6.92 Å². The van der Waals surface area contributed by atoms with E-state index in [4.69, 9.17) is 0 Å². The van der Waals surface area contributed by atoms with Crippen LogP contribution in [-0.4, -0.2) is 20.9 Å². The summed E-state index contributed by atoms with van der Waals surface area (Å²) in [6.07, 6.45) is 6.06. The van der Waals surface area contributed by atoms with E-state index in [0.717, 1.165) is 5.69 Å². The van der Waals surface area contributed by atoms with Gasteiger partial charge in [0.25, 0.3) is 5.91 Å². The smallest absolute Gasteiger partial charge is 0.275 e. The van der Waals surface area contributed by atoms with Gasteiger partial charge >= 0.3 is 0 Å². The lowest BCUT2D eigenvalue weighted by Crippen LogP contribution is -2.13. The molecule has 0 saturated heterocycles. The molecule has 0 saturated carbocycles. The molecule has 0 aliphatic rings. The number of nitrogens with one attached hydrogen (secondary N) is 1. The molecule has 0 aliphatic heterocycles. The molecule has 0 atom stereocenters. The first-order valence-corrected chi connectivity index (χ1v) is 4.76. The highest BCUT2D eigenvalue weighted by Gasteiger charge is 2.06. The summed E-state index contributed by atoms with van der Waals surface area (Å²) in [6, 6.07) is 3.51. The molecule has 0 radical (unpaired) electrons. The SMILES string of the molecule is Cc1cc(NC(=O)c2cnccn2)ccn1. The second kappa shape index (κ2) is 4.48. The summed E-state index contributed by atoms with van der Waals surface area (Å²) in [6.45, 7) is 1.86. The van der Waals surface area contributed by atoms with Gasteiger partial charge in [-0.05, 0) is 19.1 Å². The van der Waals surface area contributed by atoms with Crippen LogP contribution in [0.1, 0.15) is 16.2 Å². The monoisotopic (exact) mass is 214 g/mol. The minimum absolute atomic E-state index is 0.279. The first-order valence-electron chi connectivity index (χ1n) is 4.76. The Morgan fingerprint density at radius 2 is 2.12 bits per heavy atom. The normalized spacial score (nSPS) is 9.81. The zero-order valence-electron chi connectivity index (χ0n) is 8.71. The van der Waals surface area contributed by atoms with E-state index in [2.05, 4.69) is 20.3 Å². The summed E-state index contributed by atoms with van der Waals surface area (Å²) in [7, 11) is 0. The van der Waals surface area contributed by atoms with Crippen LogP contribution in [-0.2, 0) is 0 Å². The van der Waals surface area contributed by atoms with Gasteiger partial charge in [0.05, 0.1) is 6.20 Å². The van der Waals surface area contributed by atoms with Gasteiger partial charge in [-0.2, -0.15) is 0 Å². The molecule has 0 spiro atoms. The van der Waals surface area contributed by atoms with Crippen molar-refractivity contribution in [3.63, 3.8) is 0 Å². The maximum absolute atomic E-state index is 11.7. The molecule has 2 aromatic rings. The molecule has 0 fully saturated rings. The van der Waals surface area contributed by atoms with E-state index in [9.17, 15) is 4.79 Å². The molecule has 2 heterocycles. The number of nitrogens with zero attached hydrogens (tertiary/aromatic N) is 3. The fraction of sp³-hybridized carbons (Fsp3) is 0.0909. The highest BCUT2D eigenvalue weighted by molar-refractivity contribution is 6.02. The number of anilines is 1.